The molecule has 1 unspecified atom stereocenters. The minimum atomic E-state index is 0.580. The monoisotopic (exact) mass is 248 g/mol. The lowest BCUT2D eigenvalue weighted by Gasteiger charge is -2.36. The Morgan fingerprint density at radius 2 is 2.06 bits per heavy atom. The van der Waals surface area contributed by atoms with Gasteiger partial charge >= 0.3 is 0 Å². The highest BCUT2D eigenvalue weighted by atomic mass is 15.3. The van der Waals surface area contributed by atoms with Crippen LogP contribution in [0.3, 0.4) is 0 Å². The molecule has 1 aliphatic heterocycles. The molecule has 1 fully saturated rings. The number of hydrogen-bond donors (Lipinski definition) is 1. The molecule has 0 bridgehead atoms. The molecule has 0 aromatic carbocycles. The third-order valence-electron chi connectivity index (χ3n) is 3.43. The van der Waals surface area contributed by atoms with Crippen LogP contribution in [0, 0.1) is 0 Å². The molecule has 0 saturated carbocycles. The molecule has 1 aliphatic rings. The van der Waals surface area contributed by atoms with Crippen LogP contribution in [0.4, 0.5) is 5.82 Å². The van der Waals surface area contributed by atoms with Crippen molar-refractivity contribution in [2.24, 2.45) is 0 Å². The number of nitrogens with one attached hydrogen (secondary N) is 1. The van der Waals surface area contributed by atoms with Gasteiger partial charge in [-0.05, 0) is 25.6 Å². The third kappa shape index (κ3) is 3.68. The predicted molar refractivity (Wildman–Crippen MR) is 76.0 cm³/mol. The summed E-state index contributed by atoms with van der Waals surface area (Å²) in [7, 11) is 0. The topological polar surface area (TPSA) is 31.4 Å². The molecule has 0 spiro atoms. The van der Waals surface area contributed by atoms with Gasteiger partial charge in [-0.1, -0.05) is 13.0 Å². The first-order chi connectivity index (χ1) is 8.79. The van der Waals surface area contributed by atoms with Gasteiger partial charge in [-0.3, -0.25) is 4.90 Å². The average molecular weight is 248 g/mol. The summed E-state index contributed by atoms with van der Waals surface area (Å²) in [5.41, 5.74) is 0. The Kier molecular flexibility index (Phi) is 4.96. The zero-order valence-corrected chi connectivity index (χ0v) is 11.5. The molecule has 4 heteroatoms. The summed E-state index contributed by atoms with van der Waals surface area (Å²) in [5.74, 6) is 1.11. The average Bonchev–Trinajstić information content (AvgIpc) is 2.41. The lowest BCUT2D eigenvalue weighted by molar-refractivity contribution is 0.235. The molecule has 1 N–H and O–H groups in total. The van der Waals surface area contributed by atoms with E-state index in [0.29, 0.717) is 6.04 Å². The van der Waals surface area contributed by atoms with E-state index in [1.54, 1.807) is 0 Å². The Balaban J connectivity index is 1.78. The SMILES string of the molecule is CCNC(C)CN1CCN(c2ccccn2)CC1. The van der Waals surface area contributed by atoms with Gasteiger partial charge in [0.15, 0.2) is 0 Å². The van der Waals surface area contributed by atoms with Crippen molar-refractivity contribution in [3.8, 4) is 0 Å². The van der Waals surface area contributed by atoms with Crippen molar-refractivity contribution in [3.05, 3.63) is 24.4 Å². The van der Waals surface area contributed by atoms with Crippen LogP contribution in [0.5, 0.6) is 0 Å². The van der Waals surface area contributed by atoms with Gasteiger partial charge < -0.3 is 10.2 Å². The summed E-state index contributed by atoms with van der Waals surface area (Å²) in [4.78, 5) is 9.32. The van der Waals surface area contributed by atoms with E-state index in [2.05, 4.69) is 46.1 Å². The summed E-state index contributed by atoms with van der Waals surface area (Å²) in [5, 5.41) is 3.47. The zero-order valence-electron chi connectivity index (χ0n) is 11.5. The van der Waals surface area contributed by atoms with Crippen molar-refractivity contribution in [3.63, 3.8) is 0 Å². The normalized spacial score (nSPS) is 18.9. The Labute approximate surface area is 110 Å². The van der Waals surface area contributed by atoms with Crippen molar-refractivity contribution < 1.29 is 0 Å². The van der Waals surface area contributed by atoms with E-state index in [1.165, 1.54) is 0 Å². The zero-order chi connectivity index (χ0) is 12.8. The highest BCUT2D eigenvalue weighted by Crippen LogP contribution is 2.12. The molecule has 100 valence electrons. The molecule has 0 radical (unpaired) electrons. The lowest BCUT2D eigenvalue weighted by Crippen LogP contribution is -2.50. The molecular formula is C14H24N4. The first-order valence-electron chi connectivity index (χ1n) is 6.91. The molecule has 1 aromatic heterocycles. The van der Waals surface area contributed by atoms with Crippen LogP contribution < -0.4 is 10.2 Å². The number of rotatable bonds is 5. The van der Waals surface area contributed by atoms with Crippen LogP contribution in [0.25, 0.3) is 0 Å². The maximum atomic E-state index is 4.41. The summed E-state index contributed by atoms with van der Waals surface area (Å²) >= 11 is 0. The van der Waals surface area contributed by atoms with Gasteiger partial charge in [0, 0.05) is 45.0 Å². The van der Waals surface area contributed by atoms with Crippen molar-refractivity contribution in [1.29, 1.82) is 0 Å². The summed E-state index contributed by atoms with van der Waals surface area (Å²) in [6, 6.07) is 6.70. The van der Waals surface area contributed by atoms with Gasteiger partial charge in [0.25, 0.3) is 0 Å². The van der Waals surface area contributed by atoms with E-state index < -0.39 is 0 Å². The smallest absolute Gasteiger partial charge is 0.128 e. The maximum absolute atomic E-state index is 4.41. The quantitative estimate of drug-likeness (QED) is 0.848. The fourth-order valence-corrected chi connectivity index (χ4v) is 2.50. The van der Waals surface area contributed by atoms with E-state index in [9.17, 15) is 0 Å². The van der Waals surface area contributed by atoms with Crippen LogP contribution in [-0.2, 0) is 0 Å². The number of pyridine rings is 1. The fourth-order valence-electron chi connectivity index (χ4n) is 2.50. The van der Waals surface area contributed by atoms with Crippen molar-refractivity contribution in [1.82, 2.24) is 15.2 Å². The summed E-state index contributed by atoms with van der Waals surface area (Å²) in [6.45, 7) is 11.0. The molecule has 1 aromatic rings. The van der Waals surface area contributed by atoms with E-state index in [1.807, 2.05) is 12.3 Å². The van der Waals surface area contributed by atoms with Crippen LogP contribution >= 0.6 is 0 Å². The highest BCUT2D eigenvalue weighted by molar-refractivity contribution is 5.38. The molecule has 2 rings (SSSR count). The van der Waals surface area contributed by atoms with E-state index >= 15 is 0 Å². The largest absolute Gasteiger partial charge is 0.354 e. The fraction of sp³-hybridized carbons (Fsp3) is 0.643. The molecule has 0 amide bonds. The minimum Gasteiger partial charge on any atom is -0.354 e. The van der Waals surface area contributed by atoms with E-state index in [0.717, 1.165) is 45.1 Å². The second-order valence-electron chi connectivity index (χ2n) is 4.93. The van der Waals surface area contributed by atoms with Crippen LogP contribution in [-0.4, -0.2) is 55.2 Å². The predicted octanol–water partition coefficient (Wildman–Crippen LogP) is 1.20. The summed E-state index contributed by atoms with van der Waals surface area (Å²) < 4.78 is 0. The Morgan fingerprint density at radius 3 is 2.67 bits per heavy atom. The van der Waals surface area contributed by atoms with Gasteiger partial charge in [-0.2, -0.15) is 0 Å². The molecule has 4 nitrogen and oxygen atoms in total. The number of hydrogen-bond acceptors (Lipinski definition) is 4. The first kappa shape index (κ1) is 13.3. The maximum Gasteiger partial charge on any atom is 0.128 e. The Bertz CT molecular complexity index is 333. The standard InChI is InChI=1S/C14H24N4/c1-3-15-13(2)12-17-8-10-18(11-9-17)14-6-4-5-7-16-14/h4-7,13,15H,3,8-12H2,1-2H3. The Morgan fingerprint density at radius 1 is 1.28 bits per heavy atom. The summed E-state index contributed by atoms with van der Waals surface area (Å²) in [6.07, 6.45) is 1.87. The first-order valence-corrected chi connectivity index (χ1v) is 6.91. The van der Waals surface area contributed by atoms with Gasteiger partial charge in [0.2, 0.25) is 0 Å². The lowest BCUT2D eigenvalue weighted by atomic mass is 10.2. The number of piperazine rings is 1. The van der Waals surface area contributed by atoms with Crippen molar-refractivity contribution in [2.75, 3.05) is 44.2 Å². The van der Waals surface area contributed by atoms with Crippen LogP contribution in [0.1, 0.15) is 13.8 Å². The molecule has 2 heterocycles. The van der Waals surface area contributed by atoms with E-state index in [4.69, 9.17) is 0 Å². The Hall–Kier alpha value is -1.13. The van der Waals surface area contributed by atoms with Crippen LogP contribution in [0.15, 0.2) is 24.4 Å². The second kappa shape index (κ2) is 6.71. The molecular weight excluding hydrogens is 224 g/mol. The third-order valence-corrected chi connectivity index (χ3v) is 3.43. The second-order valence-corrected chi connectivity index (χ2v) is 4.93. The highest BCUT2D eigenvalue weighted by Gasteiger charge is 2.18. The molecule has 0 aliphatic carbocycles. The van der Waals surface area contributed by atoms with E-state index in [-0.39, 0.29) is 0 Å². The minimum absolute atomic E-state index is 0.580. The molecule has 1 atom stereocenters. The van der Waals surface area contributed by atoms with Gasteiger partial charge in [-0.25, -0.2) is 4.98 Å². The number of likely N-dealkylation sites (N-methyl/N-ethyl adjacent to an activating group) is 1. The number of anilines is 1. The molecule has 18 heavy (non-hydrogen) atoms. The van der Waals surface area contributed by atoms with Gasteiger partial charge in [-0.15, -0.1) is 0 Å². The van der Waals surface area contributed by atoms with Crippen molar-refractivity contribution in [2.45, 2.75) is 19.9 Å². The van der Waals surface area contributed by atoms with Crippen molar-refractivity contribution >= 4 is 5.82 Å². The number of aromatic nitrogens is 1. The molecule has 1 saturated heterocycles. The van der Waals surface area contributed by atoms with Gasteiger partial charge in [0.05, 0.1) is 0 Å². The van der Waals surface area contributed by atoms with Crippen LogP contribution in [0.2, 0.25) is 0 Å². The van der Waals surface area contributed by atoms with Gasteiger partial charge in [0.1, 0.15) is 5.82 Å². The number of nitrogens with zero attached hydrogens (tertiary/aromatic N) is 3.